The number of anilines is 1. The Morgan fingerprint density at radius 1 is 0.781 bits per heavy atom. The summed E-state index contributed by atoms with van der Waals surface area (Å²) in [4.78, 5) is 28.5. The van der Waals surface area contributed by atoms with E-state index in [9.17, 15) is 9.59 Å². The molecular formula is C27H32N3O2+. The molecule has 0 fully saturated rings. The van der Waals surface area contributed by atoms with Crippen molar-refractivity contribution < 1.29 is 14.5 Å². The van der Waals surface area contributed by atoms with Crippen LogP contribution in [0.25, 0.3) is 0 Å². The predicted molar refractivity (Wildman–Crippen MR) is 128 cm³/mol. The first-order chi connectivity index (χ1) is 15.5. The summed E-state index contributed by atoms with van der Waals surface area (Å²) in [7, 11) is 1.88. The van der Waals surface area contributed by atoms with E-state index in [2.05, 4.69) is 12.2 Å². The highest BCUT2D eigenvalue weighted by Crippen LogP contribution is 2.15. The molecule has 1 atom stereocenters. The van der Waals surface area contributed by atoms with Gasteiger partial charge >= 0.3 is 0 Å². The van der Waals surface area contributed by atoms with Gasteiger partial charge in [-0.05, 0) is 29.2 Å². The zero-order valence-electron chi connectivity index (χ0n) is 18.9. The Bertz CT molecular complexity index is 964. The lowest BCUT2D eigenvalue weighted by Gasteiger charge is -2.24. The molecule has 2 amide bonds. The van der Waals surface area contributed by atoms with Gasteiger partial charge in [0, 0.05) is 18.8 Å². The molecule has 0 saturated heterocycles. The average Bonchev–Trinajstić information content (AvgIpc) is 2.80. The van der Waals surface area contributed by atoms with Crippen LogP contribution in [0.4, 0.5) is 5.69 Å². The molecule has 0 spiro atoms. The van der Waals surface area contributed by atoms with Crippen LogP contribution in [0.5, 0.6) is 0 Å². The van der Waals surface area contributed by atoms with Crippen molar-refractivity contribution in [3.8, 4) is 0 Å². The van der Waals surface area contributed by atoms with E-state index in [-0.39, 0.29) is 24.9 Å². The standard InChI is InChI=1S/C27H31N3O2/c1-3-24-16-10-11-17-25(24)28-26(31)20-29(2)21-27(32)30(18-22-12-6-4-7-13-22)19-23-14-8-5-9-15-23/h4-17H,3,18-21H2,1-2H3,(H,28,31)/p+1. The van der Waals surface area contributed by atoms with Crippen LogP contribution in [0.1, 0.15) is 23.6 Å². The van der Waals surface area contributed by atoms with Crippen LogP contribution < -0.4 is 10.2 Å². The summed E-state index contributed by atoms with van der Waals surface area (Å²) < 4.78 is 0. The highest BCUT2D eigenvalue weighted by atomic mass is 16.2. The fraction of sp³-hybridized carbons (Fsp3) is 0.259. The molecule has 0 saturated carbocycles. The van der Waals surface area contributed by atoms with Gasteiger partial charge < -0.3 is 15.1 Å². The average molecular weight is 431 g/mol. The van der Waals surface area contributed by atoms with Gasteiger partial charge in [-0.3, -0.25) is 9.59 Å². The highest BCUT2D eigenvalue weighted by Gasteiger charge is 2.21. The minimum atomic E-state index is -0.0890. The molecule has 166 valence electrons. The first-order valence-electron chi connectivity index (χ1n) is 11.1. The number of hydrogen-bond donors (Lipinski definition) is 2. The molecule has 1 unspecified atom stereocenters. The van der Waals surface area contributed by atoms with Crippen LogP contribution in [0.3, 0.4) is 0 Å². The molecule has 5 nitrogen and oxygen atoms in total. The third-order valence-electron chi connectivity index (χ3n) is 5.37. The summed E-state index contributed by atoms with van der Waals surface area (Å²) >= 11 is 0. The summed E-state index contributed by atoms with van der Waals surface area (Å²) in [6.45, 7) is 3.63. The maximum absolute atomic E-state index is 13.2. The van der Waals surface area contributed by atoms with E-state index in [0.717, 1.165) is 33.7 Å². The fourth-order valence-corrected chi connectivity index (χ4v) is 3.69. The predicted octanol–water partition coefficient (Wildman–Crippen LogP) is 2.93. The monoisotopic (exact) mass is 430 g/mol. The van der Waals surface area contributed by atoms with Gasteiger partial charge in [-0.25, -0.2) is 0 Å². The molecule has 0 aromatic heterocycles. The van der Waals surface area contributed by atoms with Crippen molar-refractivity contribution in [1.82, 2.24) is 4.90 Å². The normalized spacial score (nSPS) is 11.6. The van der Waals surface area contributed by atoms with Gasteiger partial charge in [-0.1, -0.05) is 85.8 Å². The Kier molecular flexibility index (Phi) is 8.58. The van der Waals surface area contributed by atoms with E-state index in [1.54, 1.807) is 0 Å². The summed E-state index contributed by atoms with van der Waals surface area (Å²) in [6.07, 6.45) is 0.853. The Labute approximate surface area is 190 Å². The molecule has 0 radical (unpaired) electrons. The fourth-order valence-electron chi connectivity index (χ4n) is 3.69. The second kappa shape index (κ2) is 11.8. The Hall–Kier alpha value is -3.44. The van der Waals surface area contributed by atoms with Gasteiger partial charge in [0.1, 0.15) is 0 Å². The Morgan fingerprint density at radius 2 is 1.31 bits per heavy atom. The van der Waals surface area contributed by atoms with Crippen molar-refractivity contribution in [2.75, 3.05) is 25.5 Å². The Balaban J connectivity index is 1.61. The smallest absolute Gasteiger partial charge is 0.279 e. The highest BCUT2D eigenvalue weighted by molar-refractivity contribution is 5.92. The van der Waals surface area contributed by atoms with E-state index in [0.29, 0.717) is 13.1 Å². The second-order valence-electron chi connectivity index (χ2n) is 8.09. The third-order valence-corrected chi connectivity index (χ3v) is 5.37. The number of quaternary nitrogens is 1. The van der Waals surface area contributed by atoms with Crippen molar-refractivity contribution >= 4 is 17.5 Å². The number of benzene rings is 3. The maximum Gasteiger partial charge on any atom is 0.279 e. The number of nitrogens with zero attached hydrogens (tertiary/aromatic N) is 1. The summed E-state index contributed by atoms with van der Waals surface area (Å²) in [5.74, 6) is -0.0640. The molecule has 3 aromatic rings. The number of rotatable bonds is 10. The van der Waals surface area contributed by atoms with Crippen LogP contribution in [-0.4, -0.2) is 36.9 Å². The zero-order chi connectivity index (χ0) is 22.8. The molecule has 32 heavy (non-hydrogen) atoms. The molecule has 5 heteroatoms. The van der Waals surface area contributed by atoms with Crippen LogP contribution in [0.2, 0.25) is 0 Å². The molecule has 3 rings (SSSR count). The van der Waals surface area contributed by atoms with Gasteiger partial charge in [0.05, 0.1) is 7.05 Å². The number of carbonyl (C=O) groups excluding carboxylic acids is 2. The number of hydrogen-bond acceptors (Lipinski definition) is 2. The second-order valence-corrected chi connectivity index (χ2v) is 8.09. The summed E-state index contributed by atoms with van der Waals surface area (Å²) in [5.41, 5.74) is 4.12. The van der Waals surface area contributed by atoms with Crippen molar-refractivity contribution in [2.45, 2.75) is 26.4 Å². The molecule has 2 N–H and O–H groups in total. The minimum Gasteiger partial charge on any atom is -0.329 e. The maximum atomic E-state index is 13.2. The van der Waals surface area contributed by atoms with Gasteiger partial charge in [0.15, 0.2) is 13.1 Å². The molecule has 3 aromatic carbocycles. The Morgan fingerprint density at radius 3 is 1.88 bits per heavy atom. The van der Waals surface area contributed by atoms with Crippen molar-refractivity contribution in [3.63, 3.8) is 0 Å². The quantitative estimate of drug-likeness (QED) is 0.520. The van der Waals surface area contributed by atoms with Crippen LogP contribution >= 0.6 is 0 Å². The van der Waals surface area contributed by atoms with Crippen molar-refractivity contribution in [1.29, 1.82) is 0 Å². The van der Waals surface area contributed by atoms with Crippen LogP contribution in [-0.2, 0) is 29.1 Å². The van der Waals surface area contributed by atoms with Gasteiger partial charge in [-0.15, -0.1) is 0 Å². The first-order valence-corrected chi connectivity index (χ1v) is 11.1. The number of para-hydroxylation sites is 1. The lowest BCUT2D eigenvalue weighted by Crippen LogP contribution is -3.11. The SMILES string of the molecule is CCc1ccccc1NC(=O)C[NH+](C)CC(=O)N(Cc1ccccc1)Cc1ccccc1. The molecule has 0 aliphatic rings. The minimum absolute atomic E-state index is 0.0250. The lowest BCUT2D eigenvalue weighted by atomic mass is 10.1. The largest absolute Gasteiger partial charge is 0.329 e. The summed E-state index contributed by atoms with van der Waals surface area (Å²) in [5, 5.41) is 2.99. The number of nitrogens with one attached hydrogen (secondary N) is 2. The van der Waals surface area contributed by atoms with Gasteiger partial charge in [0.25, 0.3) is 11.8 Å². The van der Waals surface area contributed by atoms with Crippen molar-refractivity contribution in [3.05, 3.63) is 102 Å². The molecule has 0 heterocycles. The lowest BCUT2D eigenvalue weighted by molar-refractivity contribution is -0.862. The van der Waals surface area contributed by atoms with E-state index < -0.39 is 0 Å². The topological polar surface area (TPSA) is 53.9 Å². The van der Waals surface area contributed by atoms with E-state index in [4.69, 9.17) is 0 Å². The summed E-state index contributed by atoms with van der Waals surface area (Å²) in [6, 6.07) is 27.8. The number of amides is 2. The van der Waals surface area contributed by atoms with Crippen LogP contribution in [0.15, 0.2) is 84.9 Å². The molecule has 0 aliphatic carbocycles. The number of carbonyl (C=O) groups is 2. The number of likely N-dealkylation sites (N-methyl/N-ethyl adjacent to an activating group) is 1. The molecule has 0 aliphatic heterocycles. The van der Waals surface area contributed by atoms with E-state index >= 15 is 0 Å². The van der Waals surface area contributed by atoms with E-state index in [1.807, 2.05) is 96.9 Å². The van der Waals surface area contributed by atoms with Crippen LogP contribution in [0, 0.1) is 0 Å². The van der Waals surface area contributed by atoms with Crippen molar-refractivity contribution in [2.24, 2.45) is 0 Å². The van der Waals surface area contributed by atoms with Gasteiger partial charge in [-0.2, -0.15) is 0 Å². The number of aryl methyl sites for hydroxylation is 1. The molecular weight excluding hydrogens is 398 g/mol. The van der Waals surface area contributed by atoms with Gasteiger partial charge in [0.2, 0.25) is 0 Å². The van der Waals surface area contributed by atoms with E-state index in [1.165, 1.54) is 0 Å². The third kappa shape index (κ3) is 7.06. The first kappa shape index (κ1) is 23.2. The molecule has 0 bridgehead atoms. The zero-order valence-corrected chi connectivity index (χ0v) is 18.9.